The van der Waals surface area contributed by atoms with Gasteiger partial charge in [0.05, 0.1) is 11.1 Å². The van der Waals surface area contributed by atoms with Gasteiger partial charge in [-0.2, -0.15) is 5.10 Å². The maximum Gasteiger partial charge on any atom is 0.275 e. The van der Waals surface area contributed by atoms with E-state index in [1.165, 1.54) is 9.58 Å². The highest BCUT2D eigenvalue weighted by Crippen LogP contribution is 2.24. The van der Waals surface area contributed by atoms with E-state index in [0.717, 1.165) is 10.9 Å². The second-order valence-corrected chi connectivity index (χ2v) is 7.55. The lowest BCUT2D eigenvalue weighted by Gasteiger charge is -2.12. The summed E-state index contributed by atoms with van der Waals surface area (Å²) in [7, 11) is 3.35. The van der Waals surface area contributed by atoms with Crippen LogP contribution in [0.2, 0.25) is 0 Å². The quantitative estimate of drug-likeness (QED) is 0.530. The molecule has 1 heterocycles. The summed E-state index contributed by atoms with van der Waals surface area (Å²) in [6.45, 7) is -0.234. The van der Waals surface area contributed by atoms with Crippen molar-refractivity contribution >= 4 is 28.3 Å². The van der Waals surface area contributed by atoms with Crippen LogP contribution in [-0.4, -0.2) is 40.6 Å². The van der Waals surface area contributed by atoms with Crippen LogP contribution in [0.15, 0.2) is 83.7 Å². The van der Waals surface area contributed by atoms with Crippen LogP contribution in [-0.2, 0) is 11.3 Å². The molecular formula is C25H22N4O3. The van der Waals surface area contributed by atoms with Crippen molar-refractivity contribution in [1.29, 1.82) is 0 Å². The molecule has 4 aromatic rings. The predicted molar refractivity (Wildman–Crippen MR) is 125 cm³/mol. The van der Waals surface area contributed by atoms with Gasteiger partial charge in [0.2, 0.25) is 5.91 Å². The number of fused-ring (bicyclic) bond motifs is 1. The van der Waals surface area contributed by atoms with Gasteiger partial charge in [-0.15, -0.1) is 0 Å². The van der Waals surface area contributed by atoms with Crippen molar-refractivity contribution in [3.63, 3.8) is 0 Å². The number of carbonyl (C=O) groups is 2. The number of benzene rings is 3. The Bertz CT molecular complexity index is 1340. The van der Waals surface area contributed by atoms with Crippen LogP contribution in [0.5, 0.6) is 0 Å². The molecule has 7 nitrogen and oxygen atoms in total. The summed E-state index contributed by atoms with van der Waals surface area (Å²) in [5.74, 6) is -0.510. The Balaban J connectivity index is 1.62. The lowest BCUT2D eigenvalue weighted by Crippen LogP contribution is -2.30. The first-order valence-corrected chi connectivity index (χ1v) is 10.1. The summed E-state index contributed by atoms with van der Waals surface area (Å²) >= 11 is 0. The Labute approximate surface area is 184 Å². The van der Waals surface area contributed by atoms with E-state index in [1.807, 2.05) is 42.5 Å². The highest BCUT2D eigenvalue weighted by atomic mass is 16.2. The van der Waals surface area contributed by atoms with Crippen LogP contribution >= 0.6 is 0 Å². The fourth-order valence-electron chi connectivity index (χ4n) is 3.44. The lowest BCUT2D eigenvalue weighted by molar-refractivity contribution is -0.117. The minimum Gasteiger partial charge on any atom is -0.345 e. The summed E-state index contributed by atoms with van der Waals surface area (Å²) in [6.07, 6.45) is 0. The highest BCUT2D eigenvalue weighted by Gasteiger charge is 2.14. The van der Waals surface area contributed by atoms with E-state index < -0.39 is 0 Å². The smallest absolute Gasteiger partial charge is 0.275 e. The molecule has 0 saturated carbocycles. The fraction of sp³-hybridized carbons (Fsp3) is 0.120. The molecule has 0 atom stereocenters. The first-order valence-electron chi connectivity index (χ1n) is 10.1. The van der Waals surface area contributed by atoms with Crippen molar-refractivity contribution in [3.05, 3.63) is 94.8 Å². The maximum atomic E-state index is 13.0. The molecule has 160 valence electrons. The molecule has 0 saturated heterocycles. The Morgan fingerprint density at radius 1 is 0.875 bits per heavy atom. The molecule has 0 bridgehead atoms. The Morgan fingerprint density at radius 2 is 1.50 bits per heavy atom. The molecule has 0 fully saturated rings. The van der Waals surface area contributed by atoms with Gasteiger partial charge in [-0.3, -0.25) is 14.4 Å². The fourth-order valence-corrected chi connectivity index (χ4v) is 3.44. The molecule has 3 aromatic carbocycles. The van der Waals surface area contributed by atoms with Crippen LogP contribution < -0.4 is 10.9 Å². The van der Waals surface area contributed by atoms with Crippen LogP contribution in [0.4, 0.5) is 5.69 Å². The summed E-state index contributed by atoms with van der Waals surface area (Å²) < 4.78 is 1.18. The standard InChI is InChI=1S/C25H22N4O3/c1-28(2)24(31)18-12-14-19(15-13-18)26-22(30)16-29-25(32)21-11-7-6-10-20(21)23(27-29)17-8-4-3-5-9-17/h3-15H,16H2,1-2H3,(H,26,30). The Morgan fingerprint density at radius 3 is 2.16 bits per heavy atom. The maximum absolute atomic E-state index is 13.0. The van der Waals surface area contributed by atoms with Crippen LogP contribution in [0.3, 0.4) is 0 Å². The largest absolute Gasteiger partial charge is 0.345 e. The molecule has 0 aliphatic carbocycles. The topological polar surface area (TPSA) is 84.3 Å². The zero-order valence-corrected chi connectivity index (χ0v) is 17.8. The number of anilines is 1. The summed E-state index contributed by atoms with van der Waals surface area (Å²) in [5.41, 5.74) is 2.22. The Hall–Kier alpha value is -4.26. The van der Waals surface area contributed by atoms with Crippen molar-refractivity contribution in [2.45, 2.75) is 6.54 Å². The van der Waals surface area contributed by atoms with Crippen molar-refractivity contribution in [2.24, 2.45) is 0 Å². The van der Waals surface area contributed by atoms with E-state index in [0.29, 0.717) is 22.3 Å². The third-order valence-corrected chi connectivity index (χ3v) is 5.03. The van der Waals surface area contributed by atoms with Gasteiger partial charge >= 0.3 is 0 Å². The second-order valence-electron chi connectivity index (χ2n) is 7.55. The summed E-state index contributed by atoms with van der Waals surface area (Å²) in [6, 6.07) is 23.4. The Kier molecular flexibility index (Phi) is 5.81. The number of aromatic nitrogens is 2. The average molecular weight is 426 g/mol. The SMILES string of the molecule is CN(C)C(=O)c1ccc(NC(=O)Cn2nc(-c3ccccc3)c3ccccc3c2=O)cc1. The zero-order chi connectivity index (χ0) is 22.7. The van der Waals surface area contributed by atoms with Gasteiger partial charge in [0.25, 0.3) is 11.5 Å². The van der Waals surface area contributed by atoms with Crippen molar-refractivity contribution in [2.75, 3.05) is 19.4 Å². The van der Waals surface area contributed by atoms with Gasteiger partial charge < -0.3 is 10.2 Å². The predicted octanol–water partition coefficient (Wildman–Crippen LogP) is 3.40. The molecule has 0 aliphatic rings. The van der Waals surface area contributed by atoms with Gasteiger partial charge in [-0.1, -0.05) is 48.5 Å². The minimum absolute atomic E-state index is 0.122. The van der Waals surface area contributed by atoms with Gasteiger partial charge in [0.1, 0.15) is 6.54 Å². The average Bonchev–Trinajstić information content (AvgIpc) is 2.81. The minimum atomic E-state index is -0.388. The van der Waals surface area contributed by atoms with Crippen molar-refractivity contribution in [3.8, 4) is 11.3 Å². The molecule has 0 unspecified atom stereocenters. The number of hydrogen-bond acceptors (Lipinski definition) is 4. The van der Waals surface area contributed by atoms with Gasteiger partial charge in [-0.05, 0) is 30.3 Å². The van der Waals surface area contributed by atoms with Crippen molar-refractivity contribution < 1.29 is 9.59 Å². The molecule has 4 rings (SSSR count). The molecular weight excluding hydrogens is 404 g/mol. The number of rotatable bonds is 5. The highest BCUT2D eigenvalue weighted by molar-refractivity contribution is 5.96. The number of nitrogens with one attached hydrogen (secondary N) is 1. The van der Waals surface area contributed by atoms with Crippen molar-refractivity contribution in [1.82, 2.24) is 14.7 Å². The van der Waals surface area contributed by atoms with Crippen LogP contribution in [0.25, 0.3) is 22.0 Å². The molecule has 1 aromatic heterocycles. The van der Waals surface area contributed by atoms with Crippen LogP contribution in [0.1, 0.15) is 10.4 Å². The van der Waals surface area contributed by atoms with Gasteiger partial charge in [0.15, 0.2) is 0 Å². The summed E-state index contributed by atoms with van der Waals surface area (Å²) in [5, 5.41) is 8.50. The van der Waals surface area contributed by atoms with E-state index >= 15 is 0 Å². The molecule has 0 aliphatic heterocycles. The monoisotopic (exact) mass is 426 g/mol. The first-order chi connectivity index (χ1) is 15.4. The number of carbonyl (C=O) groups excluding carboxylic acids is 2. The van der Waals surface area contributed by atoms with Gasteiger partial charge in [-0.25, -0.2) is 4.68 Å². The second kappa shape index (κ2) is 8.85. The van der Waals surface area contributed by atoms with E-state index in [2.05, 4.69) is 10.4 Å². The van der Waals surface area contributed by atoms with E-state index in [9.17, 15) is 14.4 Å². The number of hydrogen-bond donors (Lipinski definition) is 1. The third kappa shape index (κ3) is 4.27. The van der Waals surface area contributed by atoms with E-state index in [-0.39, 0.29) is 23.9 Å². The first kappa shape index (κ1) is 21.0. The normalized spacial score (nSPS) is 10.7. The van der Waals surface area contributed by atoms with E-state index in [4.69, 9.17) is 0 Å². The third-order valence-electron chi connectivity index (χ3n) is 5.03. The molecule has 0 spiro atoms. The molecule has 0 radical (unpaired) electrons. The number of nitrogens with zero attached hydrogens (tertiary/aromatic N) is 3. The zero-order valence-electron chi connectivity index (χ0n) is 17.8. The summed E-state index contributed by atoms with van der Waals surface area (Å²) in [4.78, 5) is 39.1. The molecule has 1 N–H and O–H groups in total. The van der Waals surface area contributed by atoms with E-state index in [1.54, 1.807) is 50.5 Å². The van der Waals surface area contributed by atoms with Crippen LogP contribution in [0, 0.1) is 0 Å². The van der Waals surface area contributed by atoms with Gasteiger partial charge in [0, 0.05) is 36.3 Å². The molecule has 2 amide bonds. The molecule has 7 heteroatoms. The molecule has 32 heavy (non-hydrogen) atoms. The number of amides is 2. The lowest BCUT2D eigenvalue weighted by atomic mass is 10.1.